The summed E-state index contributed by atoms with van der Waals surface area (Å²) in [4.78, 5) is 32.9. The molecule has 0 spiro atoms. The lowest BCUT2D eigenvalue weighted by Crippen LogP contribution is -2.47. The van der Waals surface area contributed by atoms with Crippen LogP contribution in [0.5, 0.6) is 0 Å². The number of aryl methyl sites for hydroxylation is 1. The fourth-order valence-electron chi connectivity index (χ4n) is 4.21. The van der Waals surface area contributed by atoms with Crippen LogP contribution in [0.15, 0.2) is 77.4 Å². The minimum atomic E-state index is -0.123. The van der Waals surface area contributed by atoms with Crippen molar-refractivity contribution in [2.45, 2.75) is 20.0 Å². The highest BCUT2D eigenvalue weighted by Gasteiger charge is 2.25. The van der Waals surface area contributed by atoms with E-state index in [1.54, 1.807) is 16.1 Å². The second kappa shape index (κ2) is 12.3. The van der Waals surface area contributed by atoms with Gasteiger partial charge in [-0.2, -0.15) is 0 Å². The number of amides is 2. The second-order valence-electron chi connectivity index (χ2n) is 8.81. The lowest BCUT2D eigenvalue weighted by molar-refractivity contribution is -0.133. The predicted octanol–water partition coefficient (Wildman–Crippen LogP) is 3.59. The van der Waals surface area contributed by atoms with E-state index in [0.29, 0.717) is 50.7 Å². The van der Waals surface area contributed by atoms with Gasteiger partial charge >= 0.3 is 0 Å². The lowest BCUT2D eigenvalue weighted by atomic mass is 10.1. The van der Waals surface area contributed by atoms with Gasteiger partial charge in [0.1, 0.15) is 12.3 Å². The van der Waals surface area contributed by atoms with E-state index in [1.165, 1.54) is 0 Å². The quantitative estimate of drug-likeness (QED) is 0.448. The summed E-state index contributed by atoms with van der Waals surface area (Å²) in [5.41, 5.74) is 2.55. The highest BCUT2D eigenvalue weighted by molar-refractivity contribution is 5.97. The van der Waals surface area contributed by atoms with Crippen LogP contribution in [0.2, 0.25) is 0 Å². The van der Waals surface area contributed by atoms with Gasteiger partial charge in [0.25, 0.3) is 5.91 Å². The third-order valence-corrected chi connectivity index (χ3v) is 6.27. The molecule has 35 heavy (non-hydrogen) atoms. The fourth-order valence-corrected chi connectivity index (χ4v) is 4.21. The molecular formula is C28H33N3O4. The number of nitrogens with zero attached hydrogens (tertiary/aromatic N) is 3. The van der Waals surface area contributed by atoms with E-state index < -0.39 is 0 Å². The SMILES string of the molecule is Cc1ccccc1C(=O)N(CCN1CCOCC1)CC(=O)N(Cc1ccccc1)Cc1ccco1. The molecule has 1 aromatic heterocycles. The minimum absolute atomic E-state index is 0.00501. The van der Waals surface area contributed by atoms with Gasteiger partial charge in [-0.3, -0.25) is 14.5 Å². The molecule has 1 saturated heterocycles. The summed E-state index contributed by atoms with van der Waals surface area (Å²) < 4.78 is 11.0. The van der Waals surface area contributed by atoms with Crippen molar-refractivity contribution in [2.24, 2.45) is 0 Å². The molecule has 7 nitrogen and oxygen atoms in total. The van der Waals surface area contributed by atoms with E-state index in [1.807, 2.05) is 73.7 Å². The van der Waals surface area contributed by atoms with Gasteiger partial charge < -0.3 is 19.0 Å². The van der Waals surface area contributed by atoms with Crippen molar-refractivity contribution < 1.29 is 18.7 Å². The number of benzene rings is 2. The highest BCUT2D eigenvalue weighted by atomic mass is 16.5. The lowest BCUT2D eigenvalue weighted by Gasteiger charge is -2.31. The number of furan rings is 1. The van der Waals surface area contributed by atoms with Crippen molar-refractivity contribution in [1.29, 1.82) is 0 Å². The molecule has 0 aliphatic carbocycles. The first-order valence-corrected chi connectivity index (χ1v) is 12.1. The van der Waals surface area contributed by atoms with Gasteiger partial charge in [-0.15, -0.1) is 0 Å². The van der Waals surface area contributed by atoms with Crippen LogP contribution in [0.4, 0.5) is 0 Å². The van der Waals surface area contributed by atoms with Crippen molar-refractivity contribution in [3.8, 4) is 0 Å². The summed E-state index contributed by atoms with van der Waals surface area (Å²) in [6.45, 7) is 6.94. The maximum absolute atomic E-state index is 13.6. The van der Waals surface area contributed by atoms with Crippen LogP contribution in [0.3, 0.4) is 0 Å². The molecule has 0 radical (unpaired) electrons. The molecule has 184 valence electrons. The summed E-state index contributed by atoms with van der Waals surface area (Å²) in [6, 6.07) is 21.1. The number of hydrogen-bond donors (Lipinski definition) is 0. The zero-order chi connectivity index (χ0) is 24.5. The molecule has 2 heterocycles. The fraction of sp³-hybridized carbons (Fsp3) is 0.357. The van der Waals surface area contributed by atoms with Gasteiger partial charge in [-0.1, -0.05) is 48.5 Å². The molecule has 0 bridgehead atoms. The Labute approximate surface area is 206 Å². The maximum Gasteiger partial charge on any atom is 0.254 e. The number of carbonyl (C=O) groups excluding carboxylic acids is 2. The number of rotatable bonds is 10. The van der Waals surface area contributed by atoms with Crippen LogP contribution in [0, 0.1) is 6.92 Å². The smallest absolute Gasteiger partial charge is 0.254 e. The van der Waals surface area contributed by atoms with Gasteiger partial charge in [0.05, 0.1) is 26.0 Å². The zero-order valence-electron chi connectivity index (χ0n) is 20.3. The van der Waals surface area contributed by atoms with Crippen molar-refractivity contribution in [3.05, 3.63) is 95.4 Å². The topological polar surface area (TPSA) is 66.2 Å². The Morgan fingerprint density at radius 3 is 2.34 bits per heavy atom. The van der Waals surface area contributed by atoms with Crippen LogP contribution in [0.25, 0.3) is 0 Å². The minimum Gasteiger partial charge on any atom is -0.467 e. The van der Waals surface area contributed by atoms with Crippen molar-refractivity contribution in [3.63, 3.8) is 0 Å². The summed E-state index contributed by atoms with van der Waals surface area (Å²) in [6.07, 6.45) is 1.61. The molecule has 1 fully saturated rings. The molecule has 1 aliphatic rings. The van der Waals surface area contributed by atoms with Crippen LogP contribution >= 0.6 is 0 Å². The third kappa shape index (κ3) is 7.04. The van der Waals surface area contributed by atoms with Crippen molar-refractivity contribution >= 4 is 11.8 Å². The first kappa shape index (κ1) is 24.7. The third-order valence-electron chi connectivity index (χ3n) is 6.27. The summed E-state index contributed by atoms with van der Waals surface area (Å²) >= 11 is 0. The first-order chi connectivity index (χ1) is 17.1. The Bertz CT molecular complexity index is 1080. The maximum atomic E-state index is 13.6. The molecule has 0 saturated carbocycles. The summed E-state index contributed by atoms with van der Waals surface area (Å²) in [5, 5.41) is 0. The van der Waals surface area contributed by atoms with Gasteiger partial charge in [0.15, 0.2) is 0 Å². The largest absolute Gasteiger partial charge is 0.467 e. The second-order valence-corrected chi connectivity index (χ2v) is 8.81. The van der Waals surface area contributed by atoms with E-state index in [-0.39, 0.29) is 18.4 Å². The van der Waals surface area contributed by atoms with E-state index >= 15 is 0 Å². The molecule has 1 aliphatic heterocycles. The van der Waals surface area contributed by atoms with Gasteiger partial charge in [-0.25, -0.2) is 0 Å². The zero-order valence-corrected chi connectivity index (χ0v) is 20.3. The van der Waals surface area contributed by atoms with E-state index in [4.69, 9.17) is 9.15 Å². The van der Waals surface area contributed by atoms with E-state index in [2.05, 4.69) is 4.90 Å². The molecule has 0 unspecified atom stereocenters. The van der Waals surface area contributed by atoms with Gasteiger partial charge in [0, 0.05) is 38.3 Å². The monoisotopic (exact) mass is 475 g/mol. The summed E-state index contributed by atoms with van der Waals surface area (Å²) in [5.74, 6) is 0.468. The van der Waals surface area contributed by atoms with E-state index in [9.17, 15) is 9.59 Å². The Kier molecular flexibility index (Phi) is 8.70. The average molecular weight is 476 g/mol. The molecule has 2 amide bonds. The Balaban J connectivity index is 1.52. The van der Waals surface area contributed by atoms with Crippen molar-refractivity contribution in [1.82, 2.24) is 14.7 Å². The van der Waals surface area contributed by atoms with Crippen LogP contribution in [0.1, 0.15) is 27.2 Å². The molecule has 7 heteroatoms. The van der Waals surface area contributed by atoms with Crippen LogP contribution in [-0.2, 0) is 22.6 Å². The summed E-state index contributed by atoms with van der Waals surface area (Å²) in [7, 11) is 0. The Morgan fingerprint density at radius 2 is 1.63 bits per heavy atom. The molecule has 3 aromatic rings. The standard InChI is InChI=1S/C28H33N3O4/c1-23-8-5-6-12-26(23)28(33)30(14-13-29-15-18-34-19-16-29)22-27(32)31(21-25-11-7-17-35-25)20-24-9-3-2-4-10-24/h2-12,17H,13-16,18-22H2,1H3. The molecular weight excluding hydrogens is 442 g/mol. The van der Waals surface area contributed by atoms with Crippen LogP contribution in [-0.4, -0.2) is 72.5 Å². The normalized spacial score (nSPS) is 14.0. The van der Waals surface area contributed by atoms with E-state index in [0.717, 1.165) is 24.2 Å². The molecule has 0 atom stereocenters. The molecule has 2 aromatic carbocycles. The molecule has 0 N–H and O–H groups in total. The van der Waals surface area contributed by atoms with Gasteiger partial charge in [-0.05, 0) is 36.2 Å². The number of hydrogen-bond acceptors (Lipinski definition) is 5. The van der Waals surface area contributed by atoms with Crippen LogP contribution < -0.4 is 0 Å². The number of carbonyl (C=O) groups is 2. The number of morpholine rings is 1. The number of ether oxygens (including phenoxy) is 1. The Hall–Kier alpha value is -3.42. The molecule has 4 rings (SSSR count). The highest BCUT2D eigenvalue weighted by Crippen LogP contribution is 2.15. The predicted molar refractivity (Wildman–Crippen MR) is 134 cm³/mol. The Morgan fingerprint density at radius 1 is 0.886 bits per heavy atom. The first-order valence-electron chi connectivity index (χ1n) is 12.1. The average Bonchev–Trinajstić information content (AvgIpc) is 3.40. The van der Waals surface area contributed by atoms with Crippen molar-refractivity contribution in [2.75, 3.05) is 45.9 Å². The van der Waals surface area contributed by atoms with Gasteiger partial charge in [0.2, 0.25) is 5.91 Å².